The molecule has 28 heavy (non-hydrogen) atoms. The molecule has 0 radical (unpaired) electrons. The van der Waals surface area contributed by atoms with E-state index in [0.29, 0.717) is 31.5 Å². The quantitative estimate of drug-likeness (QED) is 0.685. The number of methoxy groups -OCH3 is 1. The van der Waals surface area contributed by atoms with Crippen molar-refractivity contribution in [2.75, 3.05) is 33.4 Å². The summed E-state index contributed by atoms with van der Waals surface area (Å²) in [6, 6.07) is 9.60. The second-order valence-electron chi connectivity index (χ2n) is 6.67. The van der Waals surface area contributed by atoms with E-state index < -0.39 is 10.8 Å². The predicted octanol–water partition coefficient (Wildman–Crippen LogP) is 2.67. The number of nitrogens with zero attached hydrogens (tertiary/aromatic N) is 3. The average Bonchev–Trinajstić information content (AvgIpc) is 3.18. The van der Waals surface area contributed by atoms with E-state index in [2.05, 4.69) is 32.8 Å². The smallest absolute Gasteiger partial charge is 0.199 e. The second kappa shape index (κ2) is 8.38. The third-order valence-corrected chi connectivity index (χ3v) is 6.47. The van der Waals surface area contributed by atoms with Gasteiger partial charge in [0.1, 0.15) is 21.9 Å². The van der Waals surface area contributed by atoms with Gasteiger partial charge in [-0.2, -0.15) is 0 Å². The van der Waals surface area contributed by atoms with E-state index in [-0.39, 0.29) is 5.37 Å². The molecule has 1 fully saturated rings. The zero-order chi connectivity index (χ0) is 19.5. The predicted molar refractivity (Wildman–Crippen MR) is 108 cm³/mol. The van der Waals surface area contributed by atoms with E-state index >= 15 is 0 Å². The summed E-state index contributed by atoms with van der Waals surface area (Å²) in [5.41, 5.74) is 3.51. The largest absolute Gasteiger partial charge is 0.497 e. The number of morpholine rings is 1. The highest BCUT2D eigenvalue weighted by Crippen LogP contribution is 2.29. The first-order valence-electron chi connectivity index (χ1n) is 9.40. The molecule has 1 saturated heterocycles. The van der Waals surface area contributed by atoms with E-state index in [4.69, 9.17) is 9.47 Å². The normalized spacial score (nSPS) is 17.5. The summed E-state index contributed by atoms with van der Waals surface area (Å²) >= 11 is 0. The van der Waals surface area contributed by atoms with Crippen molar-refractivity contribution in [3.63, 3.8) is 0 Å². The third kappa shape index (κ3) is 3.80. The summed E-state index contributed by atoms with van der Waals surface area (Å²) in [6.45, 7) is 4.76. The maximum absolute atomic E-state index is 13.6. The van der Waals surface area contributed by atoms with Gasteiger partial charge in [0, 0.05) is 25.4 Å². The van der Waals surface area contributed by atoms with Gasteiger partial charge in [-0.25, -0.2) is 9.19 Å². The third-order valence-electron chi connectivity index (χ3n) is 4.95. The lowest BCUT2D eigenvalue weighted by Crippen LogP contribution is -2.41. The molecule has 1 aromatic carbocycles. The number of fused-ring (bicyclic) bond motifs is 1. The van der Waals surface area contributed by atoms with Crippen molar-refractivity contribution in [3.8, 4) is 5.75 Å². The van der Waals surface area contributed by atoms with E-state index in [1.807, 2.05) is 30.5 Å². The fourth-order valence-electron chi connectivity index (χ4n) is 3.33. The Bertz CT molecular complexity index is 967. The van der Waals surface area contributed by atoms with Crippen LogP contribution in [0.2, 0.25) is 0 Å². The summed E-state index contributed by atoms with van der Waals surface area (Å²) in [4.78, 5) is 14.6. The van der Waals surface area contributed by atoms with Crippen molar-refractivity contribution >= 4 is 21.8 Å². The monoisotopic (exact) mass is 400 g/mol. The molecule has 0 saturated carbocycles. The van der Waals surface area contributed by atoms with Crippen LogP contribution in [0, 0.1) is 0 Å². The van der Waals surface area contributed by atoms with Crippen LogP contribution in [0.3, 0.4) is 0 Å². The molecule has 8 heteroatoms. The molecule has 0 bridgehead atoms. The van der Waals surface area contributed by atoms with Gasteiger partial charge < -0.3 is 14.5 Å². The lowest BCUT2D eigenvalue weighted by Gasteiger charge is -2.32. The van der Waals surface area contributed by atoms with Crippen LogP contribution in [0.4, 0.5) is 0 Å². The lowest BCUT2D eigenvalue weighted by molar-refractivity contribution is 0.0309. The number of aromatic nitrogens is 3. The van der Waals surface area contributed by atoms with Gasteiger partial charge in [-0.05, 0) is 30.2 Å². The molecule has 4 rings (SSSR count). The molecule has 3 heterocycles. The molecule has 2 atom stereocenters. The lowest BCUT2D eigenvalue weighted by atomic mass is 10.2. The van der Waals surface area contributed by atoms with Gasteiger partial charge in [0.05, 0.1) is 37.1 Å². The molecule has 7 nitrogen and oxygen atoms in total. The summed E-state index contributed by atoms with van der Waals surface area (Å²) in [5, 5.41) is 0.0679. The molecule has 2 unspecified atom stereocenters. The standard InChI is InChI=1S/C20H24N4O3S/c1-3-14-4-6-17(21-13-14)19(24-8-10-27-11-9-24)28(25)20-22-16-7-5-15(26-2)12-18(16)23-20/h4-7,12-13,19H,3,8-11H2,1-2H3,(H,22,23). The van der Waals surface area contributed by atoms with Crippen LogP contribution in [0.25, 0.3) is 11.0 Å². The topological polar surface area (TPSA) is 80.3 Å². The number of aryl methyl sites for hydroxylation is 1. The Kier molecular flexibility index (Phi) is 5.70. The summed E-state index contributed by atoms with van der Waals surface area (Å²) < 4.78 is 24.3. The average molecular weight is 401 g/mol. The zero-order valence-corrected chi connectivity index (χ0v) is 16.9. The number of imidazole rings is 1. The SMILES string of the molecule is CCc1ccc(C(N2CCOCC2)S(=O)c2nc3ccc(OC)cc3[nH]2)nc1. The first kappa shape index (κ1) is 19.0. The molecule has 0 amide bonds. The van der Waals surface area contributed by atoms with Crippen molar-refractivity contribution in [1.82, 2.24) is 19.9 Å². The molecule has 148 valence electrons. The van der Waals surface area contributed by atoms with Crippen molar-refractivity contribution < 1.29 is 13.7 Å². The van der Waals surface area contributed by atoms with Crippen LogP contribution < -0.4 is 4.74 Å². The molecular weight excluding hydrogens is 376 g/mol. The highest BCUT2D eigenvalue weighted by molar-refractivity contribution is 7.85. The summed E-state index contributed by atoms with van der Waals surface area (Å²) in [6.07, 6.45) is 2.79. The van der Waals surface area contributed by atoms with Crippen LogP contribution in [0.1, 0.15) is 23.6 Å². The number of rotatable bonds is 6. The first-order valence-corrected chi connectivity index (χ1v) is 10.6. The van der Waals surface area contributed by atoms with Crippen molar-refractivity contribution in [2.45, 2.75) is 23.9 Å². The minimum absolute atomic E-state index is 0.378. The summed E-state index contributed by atoms with van der Waals surface area (Å²) in [5.74, 6) is 0.732. The Labute approximate surface area is 166 Å². The molecule has 2 aromatic heterocycles. The van der Waals surface area contributed by atoms with Gasteiger partial charge in [-0.15, -0.1) is 0 Å². The number of nitrogens with one attached hydrogen (secondary N) is 1. The molecule has 0 aliphatic carbocycles. The second-order valence-corrected chi connectivity index (χ2v) is 8.10. The number of pyridine rings is 1. The van der Waals surface area contributed by atoms with E-state index in [1.165, 1.54) is 0 Å². The van der Waals surface area contributed by atoms with Gasteiger partial charge in [-0.3, -0.25) is 9.88 Å². The number of ether oxygens (including phenoxy) is 2. The Hall–Kier alpha value is -2.29. The van der Waals surface area contributed by atoms with Crippen LogP contribution >= 0.6 is 0 Å². The van der Waals surface area contributed by atoms with E-state index in [0.717, 1.165) is 34.5 Å². The maximum atomic E-state index is 13.6. The minimum Gasteiger partial charge on any atom is -0.497 e. The van der Waals surface area contributed by atoms with E-state index in [1.54, 1.807) is 7.11 Å². The number of H-pyrrole nitrogens is 1. The number of hydrogen-bond acceptors (Lipinski definition) is 6. The van der Waals surface area contributed by atoms with Crippen LogP contribution in [-0.2, 0) is 22.0 Å². The van der Waals surface area contributed by atoms with Gasteiger partial charge in [0.25, 0.3) is 0 Å². The first-order chi connectivity index (χ1) is 13.7. The Morgan fingerprint density at radius 1 is 1.29 bits per heavy atom. The molecular formula is C20H24N4O3S. The molecule has 1 N–H and O–H groups in total. The molecule has 1 aliphatic heterocycles. The van der Waals surface area contributed by atoms with Gasteiger partial charge in [-0.1, -0.05) is 13.0 Å². The van der Waals surface area contributed by atoms with Crippen LogP contribution in [0.5, 0.6) is 5.75 Å². The maximum Gasteiger partial charge on any atom is 0.199 e. The number of benzene rings is 1. The van der Waals surface area contributed by atoms with Gasteiger partial charge >= 0.3 is 0 Å². The highest BCUT2D eigenvalue weighted by Gasteiger charge is 2.31. The van der Waals surface area contributed by atoms with Crippen LogP contribution in [-0.4, -0.2) is 57.5 Å². The van der Waals surface area contributed by atoms with E-state index in [9.17, 15) is 4.21 Å². The van der Waals surface area contributed by atoms with Gasteiger partial charge in [0.2, 0.25) is 0 Å². The Morgan fingerprint density at radius 3 is 2.79 bits per heavy atom. The molecule has 1 aliphatic rings. The fraction of sp³-hybridized carbons (Fsp3) is 0.400. The highest BCUT2D eigenvalue weighted by atomic mass is 32.2. The van der Waals surface area contributed by atoms with Crippen molar-refractivity contribution in [1.29, 1.82) is 0 Å². The fourth-order valence-corrected chi connectivity index (χ4v) is 4.78. The van der Waals surface area contributed by atoms with Gasteiger partial charge in [0.15, 0.2) is 5.16 Å². The number of hydrogen-bond donors (Lipinski definition) is 1. The Morgan fingerprint density at radius 2 is 2.11 bits per heavy atom. The molecule has 3 aromatic rings. The van der Waals surface area contributed by atoms with Crippen LogP contribution in [0.15, 0.2) is 41.7 Å². The minimum atomic E-state index is -1.42. The summed E-state index contributed by atoms with van der Waals surface area (Å²) in [7, 11) is 0.203. The zero-order valence-electron chi connectivity index (χ0n) is 16.1. The van der Waals surface area contributed by atoms with Crippen molar-refractivity contribution in [2.24, 2.45) is 0 Å². The molecule has 0 spiro atoms. The Balaban J connectivity index is 1.71. The number of aromatic amines is 1. The van der Waals surface area contributed by atoms with Crippen molar-refractivity contribution in [3.05, 3.63) is 47.8 Å².